The van der Waals surface area contributed by atoms with Gasteiger partial charge in [0.25, 0.3) is 15.9 Å². The topological polar surface area (TPSA) is 180 Å². The number of anilines is 1. The molecule has 0 unspecified atom stereocenters. The minimum Gasteiger partial charge on any atom is -0.493 e. The van der Waals surface area contributed by atoms with Crippen LogP contribution in [0, 0.1) is 0 Å². The molecule has 0 amide bonds. The van der Waals surface area contributed by atoms with Crippen molar-refractivity contribution in [1.82, 2.24) is 40.6 Å². The summed E-state index contributed by atoms with van der Waals surface area (Å²) < 4.78 is 47.9. The number of hydrogen-bond donors (Lipinski definition) is 2. The van der Waals surface area contributed by atoms with Gasteiger partial charge in [-0.05, 0) is 66.3 Å². The first-order valence-electron chi connectivity index (χ1n) is 13.9. The number of H-pyrrole nitrogens is 1. The Balaban J connectivity index is 1.49. The quantitative estimate of drug-likeness (QED) is 0.208. The Kier molecular flexibility index (Phi) is 8.02. The Labute approximate surface area is 253 Å². The molecule has 0 bridgehead atoms. The van der Waals surface area contributed by atoms with Crippen molar-refractivity contribution in [2.75, 3.05) is 11.8 Å². The van der Waals surface area contributed by atoms with E-state index in [9.17, 15) is 8.42 Å². The second-order valence-electron chi connectivity index (χ2n) is 10.3. The molecule has 5 aromatic rings. The molecule has 14 nitrogen and oxygen atoms in total. The van der Waals surface area contributed by atoms with Gasteiger partial charge in [0, 0.05) is 18.0 Å². The number of pyridine rings is 2. The van der Waals surface area contributed by atoms with Crippen LogP contribution in [0.4, 0.5) is 5.82 Å². The largest absolute Gasteiger partial charge is 0.493 e. The highest BCUT2D eigenvalue weighted by atomic mass is 32.2. The van der Waals surface area contributed by atoms with Crippen LogP contribution in [-0.2, 0) is 10.0 Å². The molecule has 1 saturated carbocycles. The van der Waals surface area contributed by atoms with E-state index < -0.39 is 10.0 Å². The summed E-state index contributed by atoms with van der Waals surface area (Å²) in [6, 6.07) is 13.5. The van der Waals surface area contributed by atoms with E-state index in [1.165, 1.54) is 13.2 Å². The van der Waals surface area contributed by atoms with Gasteiger partial charge in [-0.15, -0.1) is 10.2 Å². The molecule has 44 heavy (non-hydrogen) atoms. The molecule has 0 saturated heterocycles. The van der Waals surface area contributed by atoms with E-state index in [1.807, 2.05) is 13.8 Å². The maximum absolute atomic E-state index is 13.7. The molecule has 6 rings (SSSR count). The number of ether oxygens (including phenoxy) is 3. The molecule has 0 atom stereocenters. The van der Waals surface area contributed by atoms with Crippen LogP contribution in [0.2, 0.25) is 0 Å². The molecule has 0 spiro atoms. The Morgan fingerprint density at radius 1 is 1.00 bits per heavy atom. The monoisotopic (exact) mass is 615 g/mol. The number of hydrogen-bond acceptors (Lipinski definition) is 12. The van der Waals surface area contributed by atoms with Crippen LogP contribution < -0.4 is 18.9 Å². The molecular formula is C29H29N9O5S. The van der Waals surface area contributed by atoms with Gasteiger partial charge in [-0.25, -0.2) is 9.97 Å². The zero-order chi connectivity index (χ0) is 30.7. The van der Waals surface area contributed by atoms with E-state index in [-0.39, 0.29) is 46.1 Å². The number of nitrogens with one attached hydrogen (secondary N) is 2. The maximum Gasteiger partial charge on any atom is 0.280 e. The van der Waals surface area contributed by atoms with E-state index in [0.717, 1.165) is 24.8 Å². The molecule has 226 valence electrons. The summed E-state index contributed by atoms with van der Waals surface area (Å²) in [6.45, 7) is 4.00. The summed E-state index contributed by atoms with van der Waals surface area (Å²) in [6.07, 6.45) is 5.59. The van der Waals surface area contributed by atoms with Crippen molar-refractivity contribution in [3.05, 3.63) is 66.5 Å². The van der Waals surface area contributed by atoms with Crippen LogP contribution in [0.15, 0.2) is 66.0 Å². The smallest absolute Gasteiger partial charge is 0.280 e. The first kappa shape index (κ1) is 28.9. The molecule has 1 aliphatic rings. The zero-order valence-electron chi connectivity index (χ0n) is 24.1. The fraction of sp³-hybridized carbons (Fsp3) is 0.276. The Morgan fingerprint density at radius 3 is 2.48 bits per heavy atom. The van der Waals surface area contributed by atoms with Crippen molar-refractivity contribution in [3.63, 3.8) is 0 Å². The number of nitrogens with zero attached hydrogens (tertiary/aromatic N) is 7. The lowest BCUT2D eigenvalue weighted by atomic mass is 9.96. The first-order valence-corrected chi connectivity index (χ1v) is 15.4. The van der Waals surface area contributed by atoms with Gasteiger partial charge in [0.2, 0.25) is 11.6 Å². The van der Waals surface area contributed by atoms with Gasteiger partial charge in [0.1, 0.15) is 11.8 Å². The van der Waals surface area contributed by atoms with Gasteiger partial charge < -0.3 is 14.2 Å². The fourth-order valence-electron chi connectivity index (χ4n) is 4.29. The summed E-state index contributed by atoms with van der Waals surface area (Å²) in [5, 5.41) is 13.8. The molecule has 2 N–H and O–H groups in total. The van der Waals surface area contributed by atoms with Crippen molar-refractivity contribution in [2.24, 2.45) is 0 Å². The van der Waals surface area contributed by atoms with Crippen molar-refractivity contribution in [3.8, 4) is 46.0 Å². The molecule has 4 heterocycles. The van der Waals surface area contributed by atoms with Gasteiger partial charge >= 0.3 is 0 Å². The van der Waals surface area contributed by atoms with Crippen LogP contribution in [-0.4, -0.2) is 62.2 Å². The standard InChI is InChI=1S/C29H29N9O5S/c1-17(2)19-11-12-24(31-16-19)44(39,40)36-28-25(43-23-10-5-4-9-22(23)41-3)29(42-20-7-6-8-20)33-26(32-28)18-13-14-30-21(15-18)27-34-37-38-35-27/h4-5,9-17,20H,6-8H2,1-3H3,(H,32,33,36)(H,34,35,37,38). The third kappa shape index (κ3) is 6.13. The molecule has 15 heteroatoms. The number of aromatic amines is 1. The van der Waals surface area contributed by atoms with Gasteiger partial charge in [-0.1, -0.05) is 32.0 Å². The number of para-hydroxylation sites is 2. The Bertz CT molecular complexity index is 1860. The first-order chi connectivity index (χ1) is 21.3. The minimum atomic E-state index is -4.23. The maximum atomic E-state index is 13.7. The lowest BCUT2D eigenvalue weighted by molar-refractivity contribution is 0.111. The van der Waals surface area contributed by atoms with Crippen LogP contribution in [0.5, 0.6) is 23.1 Å². The molecule has 0 aliphatic heterocycles. The van der Waals surface area contributed by atoms with Crippen molar-refractivity contribution >= 4 is 15.8 Å². The lowest BCUT2D eigenvalue weighted by Crippen LogP contribution is -2.26. The molecule has 1 fully saturated rings. The number of aromatic nitrogens is 8. The van der Waals surface area contributed by atoms with E-state index in [0.29, 0.717) is 22.8 Å². The van der Waals surface area contributed by atoms with Gasteiger partial charge in [0.15, 0.2) is 28.2 Å². The second-order valence-corrected chi connectivity index (χ2v) is 11.9. The number of rotatable bonds is 11. The van der Waals surface area contributed by atoms with Gasteiger partial charge in [-0.3, -0.25) is 9.71 Å². The summed E-state index contributed by atoms with van der Waals surface area (Å²) in [5.74, 6) is 1.22. The SMILES string of the molecule is COc1ccccc1Oc1c(NS(=O)(=O)c2ccc(C(C)C)cn2)nc(-c2ccnc(-c3nn[nH]n3)c2)nc1OC1CCC1. The lowest BCUT2D eigenvalue weighted by Gasteiger charge is -2.27. The second kappa shape index (κ2) is 12.2. The summed E-state index contributed by atoms with van der Waals surface area (Å²) in [5.41, 5.74) is 1.81. The van der Waals surface area contributed by atoms with Crippen molar-refractivity contribution < 1.29 is 22.6 Å². The molecule has 1 aromatic carbocycles. The predicted molar refractivity (Wildman–Crippen MR) is 159 cm³/mol. The highest BCUT2D eigenvalue weighted by Crippen LogP contribution is 2.43. The number of benzene rings is 1. The van der Waals surface area contributed by atoms with Gasteiger partial charge in [-0.2, -0.15) is 18.6 Å². The summed E-state index contributed by atoms with van der Waals surface area (Å²) in [7, 11) is -2.72. The zero-order valence-corrected chi connectivity index (χ0v) is 24.9. The van der Waals surface area contributed by atoms with E-state index in [2.05, 4.69) is 40.3 Å². The van der Waals surface area contributed by atoms with E-state index >= 15 is 0 Å². The molecule has 1 aliphatic carbocycles. The molecule has 0 radical (unpaired) electrons. The molecular weight excluding hydrogens is 586 g/mol. The number of sulfonamides is 1. The number of methoxy groups -OCH3 is 1. The third-order valence-corrected chi connectivity index (χ3v) is 8.23. The average molecular weight is 616 g/mol. The Morgan fingerprint density at radius 2 is 1.82 bits per heavy atom. The summed E-state index contributed by atoms with van der Waals surface area (Å²) in [4.78, 5) is 17.8. The summed E-state index contributed by atoms with van der Waals surface area (Å²) >= 11 is 0. The van der Waals surface area contributed by atoms with E-state index in [4.69, 9.17) is 19.2 Å². The van der Waals surface area contributed by atoms with Gasteiger partial charge in [0.05, 0.1) is 7.11 Å². The van der Waals surface area contributed by atoms with Crippen LogP contribution >= 0.6 is 0 Å². The fourth-order valence-corrected chi connectivity index (χ4v) is 5.23. The highest BCUT2D eigenvalue weighted by molar-refractivity contribution is 7.92. The normalized spacial score (nSPS) is 13.4. The van der Waals surface area contributed by atoms with Crippen molar-refractivity contribution in [2.45, 2.75) is 50.2 Å². The van der Waals surface area contributed by atoms with Crippen LogP contribution in [0.3, 0.4) is 0 Å². The minimum absolute atomic E-state index is 0.0278. The third-order valence-electron chi connectivity index (χ3n) is 6.97. The highest BCUT2D eigenvalue weighted by Gasteiger charge is 2.29. The Hall–Kier alpha value is -5.18. The predicted octanol–water partition coefficient (Wildman–Crippen LogP) is 4.77. The molecule has 4 aromatic heterocycles. The van der Waals surface area contributed by atoms with E-state index in [1.54, 1.807) is 54.9 Å². The number of tetrazole rings is 1. The van der Waals surface area contributed by atoms with Crippen molar-refractivity contribution in [1.29, 1.82) is 0 Å². The average Bonchev–Trinajstić information content (AvgIpc) is 3.56. The van der Waals surface area contributed by atoms with Crippen LogP contribution in [0.1, 0.15) is 44.6 Å². The van der Waals surface area contributed by atoms with Crippen LogP contribution in [0.25, 0.3) is 22.9 Å².